The summed E-state index contributed by atoms with van der Waals surface area (Å²) in [4.78, 5) is 15.3. The second kappa shape index (κ2) is 9.32. The third-order valence-electron chi connectivity index (χ3n) is 5.35. The summed E-state index contributed by atoms with van der Waals surface area (Å²) in [5.74, 6) is 1.17. The predicted octanol–water partition coefficient (Wildman–Crippen LogP) is 4.46. The van der Waals surface area contributed by atoms with Crippen LogP contribution < -0.4 is 10.1 Å². The molecule has 0 saturated carbocycles. The molecule has 3 aromatic rings. The monoisotopic (exact) mass is 437 g/mol. The van der Waals surface area contributed by atoms with E-state index in [2.05, 4.69) is 38.3 Å². The zero-order valence-electron chi connectivity index (χ0n) is 17.1. The lowest BCUT2D eigenvalue weighted by atomic mass is 10.1. The summed E-state index contributed by atoms with van der Waals surface area (Å²) in [6.07, 6.45) is 6.81. The average Bonchev–Trinajstić information content (AvgIpc) is 2.80. The van der Waals surface area contributed by atoms with Crippen LogP contribution in [0.15, 0.2) is 61.7 Å². The molecule has 0 spiro atoms. The number of benzene rings is 1. The van der Waals surface area contributed by atoms with Crippen molar-refractivity contribution in [3.63, 3.8) is 0 Å². The van der Waals surface area contributed by atoms with E-state index >= 15 is 0 Å². The number of aromatic nitrogens is 3. The van der Waals surface area contributed by atoms with Gasteiger partial charge in [0.1, 0.15) is 18.2 Å². The van der Waals surface area contributed by atoms with Crippen LogP contribution >= 0.6 is 11.6 Å². The van der Waals surface area contributed by atoms with Gasteiger partial charge in [0.2, 0.25) is 5.88 Å². The van der Waals surface area contributed by atoms with Gasteiger partial charge < -0.3 is 20.1 Å². The number of pyridine rings is 1. The molecule has 0 radical (unpaired) electrons. The molecule has 1 aliphatic heterocycles. The zero-order valence-corrected chi connectivity index (χ0v) is 17.8. The number of nitrogens with zero attached hydrogens (tertiary/aromatic N) is 4. The first-order valence-electron chi connectivity index (χ1n) is 10.1. The normalized spacial score (nSPS) is 14.5. The van der Waals surface area contributed by atoms with E-state index in [1.165, 1.54) is 6.33 Å². The van der Waals surface area contributed by atoms with Gasteiger partial charge >= 0.3 is 0 Å². The molecule has 1 saturated heterocycles. The second-order valence-electron chi connectivity index (χ2n) is 7.35. The van der Waals surface area contributed by atoms with Crippen molar-refractivity contribution < 1.29 is 9.84 Å². The lowest BCUT2D eigenvalue weighted by molar-refractivity contribution is 0.115. The minimum absolute atomic E-state index is 0.0863. The summed E-state index contributed by atoms with van der Waals surface area (Å²) in [7, 11) is 0. The molecule has 0 bridgehead atoms. The van der Waals surface area contributed by atoms with Crippen LogP contribution in [0.2, 0.25) is 5.02 Å². The molecule has 7 nitrogen and oxygen atoms in total. The van der Waals surface area contributed by atoms with Gasteiger partial charge in [0, 0.05) is 53.8 Å². The summed E-state index contributed by atoms with van der Waals surface area (Å²) in [5, 5.41) is 14.0. The van der Waals surface area contributed by atoms with E-state index in [9.17, 15) is 5.11 Å². The highest BCUT2D eigenvalue weighted by atomic mass is 35.5. The topological polar surface area (TPSA) is 83.4 Å². The van der Waals surface area contributed by atoms with Gasteiger partial charge in [-0.1, -0.05) is 24.8 Å². The molecule has 0 unspecified atom stereocenters. The van der Waals surface area contributed by atoms with Gasteiger partial charge in [-0.15, -0.1) is 0 Å². The van der Waals surface area contributed by atoms with Crippen LogP contribution in [-0.2, 0) is 6.61 Å². The number of fused-ring (bicyclic) bond motifs is 1. The van der Waals surface area contributed by atoms with E-state index < -0.39 is 0 Å². The Labute approximate surface area is 186 Å². The van der Waals surface area contributed by atoms with Gasteiger partial charge in [0.25, 0.3) is 0 Å². The molecule has 1 aliphatic rings. The van der Waals surface area contributed by atoms with E-state index in [-0.39, 0.29) is 12.7 Å². The molecule has 160 valence electrons. The molecular formula is C23H24ClN5O2. The Hall–Kier alpha value is -3.16. The molecular weight excluding hydrogens is 414 g/mol. The summed E-state index contributed by atoms with van der Waals surface area (Å²) in [6.45, 7) is 9.41. The standard InChI is InChI=1S/C23H24ClN5O2/c1-3-15(2)29-8-6-18(7-9-29)31-22-11-19-21(12-25-22)26-14-27-23(19)28-17-4-5-20(24)16(10-17)13-30/h3-5,10-12,14,18,30H,1-2,6-9,13H2,(H,26,27,28). The number of likely N-dealkylation sites (tertiary alicyclic amines) is 1. The molecule has 4 rings (SSSR count). The van der Waals surface area contributed by atoms with Crippen LogP contribution in [0.25, 0.3) is 10.9 Å². The first-order chi connectivity index (χ1) is 15.1. The minimum atomic E-state index is -0.139. The molecule has 0 aliphatic carbocycles. The number of anilines is 2. The molecule has 0 atom stereocenters. The molecule has 31 heavy (non-hydrogen) atoms. The van der Waals surface area contributed by atoms with Gasteiger partial charge in [-0.05, 0) is 29.8 Å². The number of aliphatic hydroxyl groups excluding tert-OH is 1. The van der Waals surface area contributed by atoms with Crippen LogP contribution in [-0.4, -0.2) is 44.2 Å². The number of piperidine rings is 1. The van der Waals surface area contributed by atoms with Crippen molar-refractivity contribution in [2.24, 2.45) is 0 Å². The highest BCUT2D eigenvalue weighted by Crippen LogP contribution is 2.28. The minimum Gasteiger partial charge on any atom is -0.474 e. The van der Waals surface area contributed by atoms with Crippen molar-refractivity contribution in [3.05, 3.63) is 72.3 Å². The highest BCUT2D eigenvalue weighted by molar-refractivity contribution is 6.31. The van der Waals surface area contributed by atoms with Crippen LogP contribution in [0.4, 0.5) is 11.5 Å². The maximum Gasteiger partial charge on any atom is 0.214 e. The largest absolute Gasteiger partial charge is 0.474 e. The molecule has 0 amide bonds. The van der Waals surface area contributed by atoms with Crippen molar-refractivity contribution in [1.82, 2.24) is 19.9 Å². The fraction of sp³-hybridized carbons (Fsp3) is 0.261. The number of hydrogen-bond donors (Lipinski definition) is 2. The van der Waals surface area contributed by atoms with E-state index in [0.717, 1.165) is 42.7 Å². The number of halogens is 1. The Morgan fingerprint density at radius 3 is 2.81 bits per heavy atom. The van der Waals surface area contributed by atoms with Gasteiger partial charge in [0.15, 0.2) is 0 Å². The second-order valence-corrected chi connectivity index (χ2v) is 7.76. The first kappa shape index (κ1) is 21.1. The van der Waals surface area contributed by atoms with Crippen LogP contribution in [0.3, 0.4) is 0 Å². The van der Waals surface area contributed by atoms with Crippen LogP contribution in [0.1, 0.15) is 18.4 Å². The number of rotatable bonds is 7. The van der Waals surface area contributed by atoms with Crippen molar-refractivity contribution in [1.29, 1.82) is 0 Å². The maximum absolute atomic E-state index is 9.46. The molecule has 3 heterocycles. The zero-order chi connectivity index (χ0) is 21.8. The number of nitrogens with one attached hydrogen (secondary N) is 1. The summed E-state index contributed by atoms with van der Waals surface area (Å²) in [6, 6.07) is 7.22. The van der Waals surface area contributed by atoms with Gasteiger partial charge in [-0.25, -0.2) is 15.0 Å². The van der Waals surface area contributed by atoms with Gasteiger partial charge in [0.05, 0.1) is 18.3 Å². The fourth-order valence-corrected chi connectivity index (χ4v) is 3.75. The van der Waals surface area contributed by atoms with Crippen molar-refractivity contribution in [2.45, 2.75) is 25.6 Å². The third-order valence-corrected chi connectivity index (χ3v) is 5.72. The van der Waals surface area contributed by atoms with Gasteiger partial charge in [-0.2, -0.15) is 0 Å². The summed E-state index contributed by atoms with van der Waals surface area (Å²) < 4.78 is 6.16. The van der Waals surface area contributed by atoms with Crippen molar-refractivity contribution >= 4 is 34.0 Å². The Morgan fingerprint density at radius 1 is 1.26 bits per heavy atom. The van der Waals surface area contributed by atoms with E-state index in [1.807, 2.05) is 12.1 Å². The Kier molecular flexibility index (Phi) is 6.34. The molecule has 8 heteroatoms. The number of hydrogen-bond acceptors (Lipinski definition) is 7. The summed E-state index contributed by atoms with van der Waals surface area (Å²) in [5.41, 5.74) is 3.06. The number of allylic oxidation sites excluding steroid dienone is 1. The Balaban J connectivity index is 1.52. The van der Waals surface area contributed by atoms with Crippen LogP contribution in [0.5, 0.6) is 5.88 Å². The lowest BCUT2D eigenvalue weighted by Crippen LogP contribution is -2.37. The van der Waals surface area contributed by atoms with E-state index in [1.54, 1.807) is 24.4 Å². The number of ether oxygens (including phenoxy) is 1. The van der Waals surface area contributed by atoms with E-state index in [0.29, 0.717) is 27.8 Å². The summed E-state index contributed by atoms with van der Waals surface area (Å²) >= 11 is 6.09. The van der Waals surface area contributed by atoms with Gasteiger partial charge in [-0.3, -0.25) is 0 Å². The van der Waals surface area contributed by atoms with Crippen molar-refractivity contribution in [3.8, 4) is 5.88 Å². The lowest BCUT2D eigenvalue weighted by Gasteiger charge is -2.33. The third kappa shape index (κ3) is 4.78. The van der Waals surface area contributed by atoms with Crippen LogP contribution in [0, 0.1) is 0 Å². The Morgan fingerprint density at radius 2 is 2.06 bits per heavy atom. The van der Waals surface area contributed by atoms with Crippen molar-refractivity contribution in [2.75, 3.05) is 18.4 Å². The van der Waals surface area contributed by atoms with E-state index in [4.69, 9.17) is 16.3 Å². The maximum atomic E-state index is 9.46. The quantitative estimate of drug-likeness (QED) is 0.528. The predicted molar refractivity (Wildman–Crippen MR) is 123 cm³/mol. The first-order valence-corrected chi connectivity index (χ1v) is 10.4. The molecule has 2 aromatic heterocycles. The smallest absolute Gasteiger partial charge is 0.214 e. The SMILES string of the molecule is C=CC(=C)N1CCC(Oc2cc3c(Nc4ccc(Cl)c(CO)c4)ncnc3cn2)CC1. The molecule has 2 N–H and O–H groups in total. The number of aliphatic hydroxyl groups is 1. The Bertz CT molecular complexity index is 1110. The molecule has 1 fully saturated rings. The fourth-order valence-electron chi connectivity index (χ4n) is 3.58. The highest BCUT2D eigenvalue weighted by Gasteiger charge is 2.21. The molecule has 1 aromatic carbocycles. The average molecular weight is 438 g/mol.